The van der Waals surface area contributed by atoms with E-state index in [9.17, 15) is 9.18 Å². The van der Waals surface area contributed by atoms with Gasteiger partial charge in [-0.3, -0.25) is 4.79 Å². The number of anilines is 1. The third-order valence-electron chi connectivity index (χ3n) is 7.99. The van der Waals surface area contributed by atoms with E-state index in [0.29, 0.717) is 11.8 Å². The fraction of sp³-hybridized carbons (Fsp3) is 0.519. The summed E-state index contributed by atoms with van der Waals surface area (Å²) in [5.41, 5.74) is 4.52. The van der Waals surface area contributed by atoms with Crippen LogP contribution in [0.4, 0.5) is 10.2 Å². The van der Waals surface area contributed by atoms with Gasteiger partial charge in [-0.2, -0.15) is 9.61 Å². The molecule has 5 heterocycles. The normalized spacial score (nSPS) is 19.5. The molecule has 1 N–H and O–H groups in total. The van der Waals surface area contributed by atoms with Gasteiger partial charge in [-0.25, -0.2) is 9.37 Å². The number of amides is 1. The standard InChI is InChI=1S/C27H33FN6O/c28-22-5-3-19(4-6-22)1-2-20-10-15-32(16-11-20)27(35)21-17-33(18-21)26-23-7-12-29-13-8-24(23)31-25-9-14-30-34(25)26/h3-6,9,14,20-21,29H,1-2,7-8,10-13,15-18H2. The molecular formula is C27H33FN6O. The number of hydrogen-bond acceptors (Lipinski definition) is 5. The minimum atomic E-state index is -0.180. The highest BCUT2D eigenvalue weighted by atomic mass is 19.1. The summed E-state index contributed by atoms with van der Waals surface area (Å²) in [7, 11) is 0. The number of benzene rings is 1. The Labute approximate surface area is 205 Å². The van der Waals surface area contributed by atoms with Crippen LogP contribution in [-0.4, -0.2) is 64.7 Å². The summed E-state index contributed by atoms with van der Waals surface area (Å²) in [6.45, 7) is 5.10. The van der Waals surface area contributed by atoms with Crippen LogP contribution in [0.5, 0.6) is 0 Å². The summed E-state index contributed by atoms with van der Waals surface area (Å²) in [5.74, 6) is 1.94. The van der Waals surface area contributed by atoms with Crippen molar-refractivity contribution in [1.82, 2.24) is 24.8 Å². The van der Waals surface area contributed by atoms with Crippen LogP contribution < -0.4 is 10.2 Å². The lowest BCUT2D eigenvalue weighted by molar-refractivity contribution is -0.137. The van der Waals surface area contributed by atoms with Gasteiger partial charge in [0.25, 0.3) is 0 Å². The summed E-state index contributed by atoms with van der Waals surface area (Å²) in [6, 6.07) is 8.80. The third kappa shape index (κ3) is 4.51. The molecule has 3 aromatic rings. The summed E-state index contributed by atoms with van der Waals surface area (Å²) in [4.78, 5) is 22.5. The molecule has 0 unspecified atom stereocenters. The molecule has 2 aromatic heterocycles. The molecule has 1 aromatic carbocycles. The summed E-state index contributed by atoms with van der Waals surface area (Å²) < 4.78 is 15.1. The molecule has 1 amide bonds. The molecule has 7 nitrogen and oxygen atoms in total. The van der Waals surface area contributed by atoms with Crippen LogP contribution in [0.3, 0.4) is 0 Å². The number of carbonyl (C=O) groups excluding carboxylic acids is 1. The predicted octanol–water partition coefficient (Wildman–Crippen LogP) is 2.86. The monoisotopic (exact) mass is 476 g/mol. The highest BCUT2D eigenvalue weighted by Crippen LogP contribution is 2.33. The average Bonchev–Trinajstić information content (AvgIpc) is 3.19. The van der Waals surface area contributed by atoms with Crippen molar-refractivity contribution in [2.75, 3.05) is 44.2 Å². The van der Waals surface area contributed by atoms with Gasteiger partial charge in [-0.15, -0.1) is 0 Å². The Morgan fingerprint density at radius 3 is 2.63 bits per heavy atom. The summed E-state index contributed by atoms with van der Waals surface area (Å²) in [6.07, 6.45) is 7.87. The van der Waals surface area contributed by atoms with Crippen molar-refractivity contribution < 1.29 is 9.18 Å². The van der Waals surface area contributed by atoms with Crippen molar-refractivity contribution in [3.8, 4) is 0 Å². The number of piperidine rings is 1. The van der Waals surface area contributed by atoms with Gasteiger partial charge in [0.2, 0.25) is 5.91 Å². The Morgan fingerprint density at radius 2 is 1.83 bits per heavy atom. The summed E-state index contributed by atoms with van der Waals surface area (Å²) in [5, 5.41) is 8.02. The molecule has 35 heavy (non-hydrogen) atoms. The Kier molecular flexibility index (Phi) is 6.14. The first-order chi connectivity index (χ1) is 17.2. The predicted molar refractivity (Wildman–Crippen MR) is 133 cm³/mol. The molecule has 0 aliphatic carbocycles. The molecule has 8 heteroatoms. The molecule has 3 aliphatic heterocycles. The van der Waals surface area contributed by atoms with Gasteiger partial charge in [-0.05, 0) is 62.3 Å². The molecule has 0 spiro atoms. The van der Waals surface area contributed by atoms with Crippen LogP contribution in [0.2, 0.25) is 0 Å². The minimum absolute atomic E-state index is 0.0593. The number of halogens is 1. The zero-order valence-corrected chi connectivity index (χ0v) is 20.1. The molecule has 0 radical (unpaired) electrons. The number of aryl methyl sites for hydroxylation is 1. The smallest absolute Gasteiger partial charge is 0.229 e. The molecule has 0 saturated carbocycles. The van der Waals surface area contributed by atoms with E-state index < -0.39 is 0 Å². The Hall–Kier alpha value is -3.00. The van der Waals surface area contributed by atoms with E-state index >= 15 is 0 Å². The lowest BCUT2D eigenvalue weighted by Crippen LogP contribution is -2.56. The quantitative estimate of drug-likeness (QED) is 0.614. The number of carbonyl (C=O) groups is 1. The lowest BCUT2D eigenvalue weighted by atomic mass is 9.89. The van der Waals surface area contributed by atoms with Crippen molar-refractivity contribution in [3.05, 3.63) is 59.2 Å². The molecule has 3 aliphatic rings. The molecule has 0 atom stereocenters. The van der Waals surface area contributed by atoms with Gasteiger partial charge < -0.3 is 15.1 Å². The maximum absolute atomic E-state index is 13.3. The van der Waals surface area contributed by atoms with Crippen LogP contribution in [0.15, 0.2) is 36.5 Å². The van der Waals surface area contributed by atoms with Crippen LogP contribution in [0, 0.1) is 17.7 Å². The van der Waals surface area contributed by atoms with E-state index in [1.165, 1.54) is 23.3 Å². The molecule has 2 fully saturated rings. The Balaban J connectivity index is 1.05. The number of nitrogens with one attached hydrogen (secondary N) is 1. The van der Waals surface area contributed by atoms with Gasteiger partial charge >= 0.3 is 0 Å². The SMILES string of the molecule is O=C(C1CN(c2c3c(nc4ccnn24)CCNCC3)C1)N1CCC(CCc2ccc(F)cc2)CC1. The Morgan fingerprint density at radius 1 is 1.06 bits per heavy atom. The topological polar surface area (TPSA) is 65.8 Å². The first kappa shape index (κ1) is 22.5. The molecule has 2 saturated heterocycles. The van der Waals surface area contributed by atoms with Crippen LogP contribution in [0.1, 0.15) is 36.1 Å². The zero-order valence-electron chi connectivity index (χ0n) is 20.1. The van der Waals surface area contributed by atoms with Gasteiger partial charge in [0.15, 0.2) is 5.65 Å². The van der Waals surface area contributed by atoms with E-state index in [-0.39, 0.29) is 11.7 Å². The van der Waals surface area contributed by atoms with Gasteiger partial charge in [0.1, 0.15) is 11.6 Å². The van der Waals surface area contributed by atoms with Crippen molar-refractivity contribution in [1.29, 1.82) is 0 Å². The number of fused-ring (bicyclic) bond motifs is 2. The zero-order chi connectivity index (χ0) is 23.8. The van der Waals surface area contributed by atoms with Crippen molar-refractivity contribution in [2.24, 2.45) is 11.8 Å². The second kappa shape index (κ2) is 9.57. The second-order valence-corrected chi connectivity index (χ2v) is 10.2. The van der Waals surface area contributed by atoms with E-state index in [2.05, 4.69) is 20.2 Å². The maximum Gasteiger partial charge on any atom is 0.229 e. The number of rotatable bonds is 5. The number of hydrogen-bond donors (Lipinski definition) is 1. The summed E-state index contributed by atoms with van der Waals surface area (Å²) >= 11 is 0. The van der Waals surface area contributed by atoms with Gasteiger partial charge in [0, 0.05) is 50.8 Å². The minimum Gasteiger partial charge on any atom is -0.354 e. The lowest BCUT2D eigenvalue weighted by Gasteiger charge is -2.44. The highest BCUT2D eigenvalue weighted by molar-refractivity contribution is 5.82. The van der Waals surface area contributed by atoms with Gasteiger partial charge in [0.05, 0.1) is 17.8 Å². The van der Waals surface area contributed by atoms with E-state index in [0.717, 1.165) is 95.0 Å². The number of likely N-dealkylation sites (tertiary alicyclic amines) is 1. The van der Waals surface area contributed by atoms with Crippen LogP contribution in [-0.2, 0) is 24.1 Å². The fourth-order valence-corrected chi connectivity index (χ4v) is 5.87. The fourth-order valence-electron chi connectivity index (χ4n) is 5.87. The molecule has 6 rings (SSSR count). The number of aromatic nitrogens is 3. The van der Waals surface area contributed by atoms with Crippen molar-refractivity contribution >= 4 is 17.4 Å². The van der Waals surface area contributed by atoms with Gasteiger partial charge in [-0.1, -0.05) is 12.1 Å². The Bertz CT molecular complexity index is 1190. The van der Waals surface area contributed by atoms with E-state index in [1.807, 2.05) is 28.9 Å². The highest BCUT2D eigenvalue weighted by Gasteiger charge is 2.39. The number of nitrogens with zero attached hydrogens (tertiary/aromatic N) is 5. The van der Waals surface area contributed by atoms with E-state index in [1.54, 1.807) is 0 Å². The molecular weight excluding hydrogens is 443 g/mol. The van der Waals surface area contributed by atoms with E-state index in [4.69, 9.17) is 4.98 Å². The molecule has 184 valence electrons. The van der Waals surface area contributed by atoms with Crippen LogP contribution in [0.25, 0.3) is 5.65 Å². The average molecular weight is 477 g/mol. The first-order valence-corrected chi connectivity index (χ1v) is 13.0. The molecule has 0 bridgehead atoms. The maximum atomic E-state index is 13.3. The van der Waals surface area contributed by atoms with Crippen molar-refractivity contribution in [2.45, 2.75) is 38.5 Å². The van der Waals surface area contributed by atoms with Crippen LogP contribution >= 0.6 is 0 Å². The largest absolute Gasteiger partial charge is 0.354 e. The van der Waals surface area contributed by atoms with Crippen molar-refractivity contribution in [3.63, 3.8) is 0 Å². The first-order valence-electron chi connectivity index (χ1n) is 13.0. The third-order valence-corrected chi connectivity index (χ3v) is 7.99. The second-order valence-electron chi connectivity index (χ2n) is 10.2.